The van der Waals surface area contributed by atoms with E-state index in [1.54, 1.807) is 0 Å². The lowest BCUT2D eigenvalue weighted by atomic mass is 10.4. The van der Waals surface area contributed by atoms with Crippen LogP contribution in [0.3, 0.4) is 0 Å². The number of carbonyl (C=O) groups excluding carboxylic acids is 1. The van der Waals surface area contributed by atoms with Crippen molar-refractivity contribution in [2.24, 2.45) is 0 Å². The van der Waals surface area contributed by atoms with Crippen LogP contribution in [0.2, 0.25) is 0 Å². The first-order chi connectivity index (χ1) is 2.27. The Hall–Kier alpha value is -0.330. The monoisotopic (exact) mass is 69.0 g/mol. The van der Waals surface area contributed by atoms with Crippen molar-refractivity contribution < 1.29 is 4.79 Å². The van der Waals surface area contributed by atoms with Gasteiger partial charge in [0.1, 0.15) is 5.78 Å². The maximum Gasteiger partial charge on any atom is 0.137 e. The van der Waals surface area contributed by atoms with Gasteiger partial charge in [0.05, 0.1) is 0 Å². The van der Waals surface area contributed by atoms with Gasteiger partial charge in [-0.05, 0) is 6.92 Å². The van der Waals surface area contributed by atoms with Gasteiger partial charge in [-0.15, -0.1) is 0 Å². The second kappa shape index (κ2) is 1.94. The fraction of sp³-hybridized carbons (Fsp3) is 0.250. The molecule has 0 amide bonds. The molecule has 0 spiro atoms. The second-order valence-corrected chi connectivity index (χ2v) is 0.716. The van der Waals surface area contributed by atoms with Crippen LogP contribution in [0, 0.1) is 13.8 Å². The van der Waals surface area contributed by atoms with Crippen molar-refractivity contribution in [2.75, 3.05) is 0 Å². The highest BCUT2D eigenvalue weighted by Gasteiger charge is 1.78. The zero-order valence-electron chi connectivity index (χ0n) is 2.90. The predicted octanol–water partition coefficient (Wildman–Crippen LogP) is 0.491. The molecule has 3 radical (unpaired) electrons. The first-order valence-electron chi connectivity index (χ1n) is 1.35. The molecule has 0 heterocycles. The van der Waals surface area contributed by atoms with E-state index in [4.69, 9.17) is 0 Å². The van der Waals surface area contributed by atoms with Gasteiger partial charge >= 0.3 is 0 Å². The quantitative estimate of drug-likeness (QED) is 0.438. The molecule has 0 saturated heterocycles. The molecular weight excluding hydrogens is 64.0 g/mol. The summed E-state index contributed by atoms with van der Waals surface area (Å²) in [5, 5.41) is 0. The molecule has 27 valence electrons. The van der Waals surface area contributed by atoms with Gasteiger partial charge in [-0.25, -0.2) is 0 Å². The normalized spacial score (nSPS) is 7.60. The lowest BCUT2D eigenvalue weighted by molar-refractivity contribution is -0.114. The Kier molecular flexibility index (Phi) is 1.81. The molecule has 0 aliphatic carbocycles. The van der Waals surface area contributed by atoms with Gasteiger partial charge < -0.3 is 0 Å². The minimum atomic E-state index is -0.356. The van der Waals surface area contributed by atoms with Crippen molar-refractivity contribution in [3.8, 4) is 0 Å². The summed E-state index contributed by atoms with van der Waals surface area (Å²) in [7, 11) is 0. The second-order valence-electron chi connectivity index (χ2n) is 0.716. The third kappa shape index (κ3) is 3.67. The molecule has 0 aromatic rings. The highest BCUT2D eigenvalue weighted by atomic mass is 16.1. The minimum absolute atomic E-state index is 0.194. The zero-order valence-corrected chi connectivity index (χ0v) is 2.90. The third-order valence-corrected chi connectivity index (χ3v) is 0.246. The predicted molar refractivity (Wildman–Crippen MR) is 19.3 cm³/mol. The number of hydrogen-bond acceptors (Lipinski definition) is 1. The molecule has 0 aliphatic heterocycles. The van der Waals surface area contributed by atoms with Crippen molar-refractivity contribution >= 4 is 5.78 Å². The van der Waals surface area contributed by atoms with Crippen LogP contribution >= 0.6 is 0 Å². The van der Waals surface area contributed by atoms with Crippen LogP contribution < -0.4 is 0 Å². The van der Waals surface area contributed by atoms with Gasteiger partial charge in [-0.1, -0.05) is 0 Å². The molecule has 0 aromatic carbocycles. The fourth-order valence-electron chi connectivity index (χ4n) is 0. The largest absolute Gasteiger partial charge is 0.299 e. The molecule has 0 N–H and O–H groups in total. The fourth-order valence-corrected chi connectivity index (χ4v) is 0. The van der Waals surface area contributed by atoms with Crippen molar-refractivity contribution in [2.45, 2.75) is 6.42 Å². The molecule has 1 heteroatoms. The first-order valence-corrected chi connectivity index (χ1v) is 1.35. The summed E-state index contributed by atoms with van der Waals surface area (Å²) in [4.78, 5) is 9.53. The number of rotatable bonds is 1. The van der Waals surface area contributed by atoms with Crippen LogP contribution in [0.4, 0.5) is 0 Å². The highest BCUT2D eigenvalue weighted by Crippen LogP contribution is 1.69. The van der Waals surface area contributed by atoms with E-state index in [9.17, 15) is 4.79 Å². The molecule has 0 fully saturated rings. The number of hydrogen-bond donors (Lipinski definition) is 0. The molecule has 0 bridgehead atoms. The Bertz CT molecular complexity index is 38.9. The lowest BCUT2D eigenvalue weighted by Crippen LogP contribution is -1.81. The minimum Gasteiger partial charge on any atom is -0.299 e. The van der Waals surface area contributed by atoms with Gasteiger partial charge in [-0.2, -0.15) is 0 Å². The van der Waals surface area contributed by atoms with E-state index in [1.807, 2.05) is 0 Å². The van der Waals surface area contributed by atoms with Gasteiger partial charge in [0, 0.05) is 13.3 Å². The van der Waals surface area contributed by atoms with Crippen LogP contribution in [0.5, 0.6) is 0 Å². The Labute approximate surface area is 32.0 Å². The summed E-state index contributed by atoms with van der Waals surface area (Å²) < 4.78 is 0. The van der Waals surface area contributed by atoms with Gasteiger partial charge in [-0.3, -0.25) is 4.79 Å². The van der Waals surface area contributed by atoms with Crippen LogP contribution in [0.25, 0.3) is 0 Å². The summed E-state index contributed by atoms with van der Waals surface area (Å²) in [5.74, 6) is -0.356. The molecule has 0 aliphatic rings. The van der Waals surface area contributed by atoms with Crippen molar-refractivity contribution in [1.29, 1.82) is 0 Å². The van der Waals surface area contributed by atoms with E-state index < -0.39 is 0 Å². The number of Topliss-reactive ketones (excluding diaryl/α,β-unsaturated/α-hetero) is 1. The maximum absolute atomic E-state index is 9.53. The van der Waals surface area contributed by atoms with Gasteiger partial charge in [0.25, 0.3) is 0 Å². The summed E-state index contributed by atoms with van der Waals surface area (Å²) in [5.41, 5.74) is 0. The van der Waals surface area contributed by atoms with E-state index in [0.29, 0.717) is 0 Å². The maximum atomic E-state index is 9.53. The molecule has 0 unspecified atom stereocenters. The van der Waals surface area contributed by atoms with Crippen LogP contribution in [-0.4, -0.2) is 5.78 Å². The molecule has 5 heavy (non-hydrogen) atoms. The van der Waals surface area contributed by atoms with Crippen molar-refractivity contribution in [3.63, 3.8) is 0 Å². The van der Waals surface area contributed by atoms with Crippen LogP contribution in [0.15, 0.2) is 0 Å². The van der Waals surface area contributed by atoms with E-state index in [1.165, 1.54) is 0 Å². The average molecular weight is 69.1 g/mol. The van der Waals surface area contributed by atoms with E-state index in [-0.39, 0.29) is 12.2 Å². The molecule has 0 rings (SSSR count). The standard InChI is InChI=1S/C4H5O/c1-3-4(2)5/h2H,1,3H2. The summed E-state index contributed by atoms with van der Waals surface area (Å²) >= 11 is 0. The summed E-state index contributed by atoms with van der Waals surface area (Å²) in [6.45, 7) is 7.80. The smallest absolute Gasteiger partial charge is 0.137 e. The molecule has 0 aromatic heterocycles. The van der Waals surface area contributed by atoms with Gasteiger partial charge in [0.2, 0.25) is 0 Å². The Morgan fingerprint density at radius 3 is 2.20 bits per heavy atom. The first kappa shape index (κ1) is 4.67. The van der Waals surface area contributed by atoms with Crippen molar-refractivity contribution in [1.82, 2.24) is 0 Å². The summed E-state index contributed by atoms with van der Waals surface area (Å²) in [6.07, 6.45) is 0.194. The zero-order chi connectivity index (χ0) is 4.28. The highest BCUT2D eigenvalue weighted by molar-refractivity contribution is 5.82. The Morgan fingerprint density at radius 2 is 2.20 bits per heavy atom. The third-order valence-electron chi connectivity index (χ3n) is 0.246. The van der Waals surface area contributed by atoms with E-state index >= 15 is 0 Å². The molecule has 1 nitrogen and oxygen atoms in total. The lowest BCUT2D eigenvalue weighted by Gasteiger charge is -1.70. The summed E-state index contributed by atoms with van der Waals surface area (Å²) in [6, 6.07) is 0. The molecule has 0 atom stereocenters. The Balaban J connectivity index is 2.85. The van der Waals surface area contributed by atoms with E-state index in [0.717, 1.165) is 0 Å². The SMILES string of the molecule is [CH]C(=O)C[CH2]. The van der Waals surface area contributed by atoms with Crippen molar-refractivity contribution in [3.05, 3.63) is 13.8 Å². The number of ketones is 1. The number of carbonyl (C=O) groups is 1. The topological polar surface area (TPSA) is 17.1 Å². The van der Waals surface area contributed by atoms with Gasteiger partial charge in [0.15, 0.2) is 0 Å². The van der Waals surface area contributed by atoms with Crippen LogP contribution in [-0.2, 0) is 4.79 Å². The van der Waals surface area contributed by atoms with Crippen LogP contribution in [0.1, 0.15) is 6.42 Å². The average Bonchev–Trinajstić information content (AvgIpc) is 1.38. The molecular formula is C4H5O. The molecule has 0 saturated carbocycles. The van der Waals surface area contributed by atoms with E-state index in [2.05, 4.69) is 13.8 Å². The Morgan fingerprint density at radius 1 is 2.00 bits per heavy atom.